The van der Waals surface area contributed by atoms with Crippen LogP contribution in [-0.4, -0.2) is 29.5 Å². The number of nitrogens with zero attached hydrogens (tertiary/aromatic N) is 1. The smallest absolute Gasteiger partial charge is 0.407 e. The van der Waals surface area contributed by atoms with E-state index in [-0.39, 0.29) is 12.2 Å². The van der Waals surface area contributed by atoms with Gasteiger partial charge < -0.3 is 10.1 Å². The van der Waals surface area contributed by atoms with E-state index in [1.54, 1.807) is 25.3 Å². The van der Waals surface area contributed by atoms with E-state index in [1.807, 2.05) is 13.0 Å². The molecule has 1 heterocycles. The fourth-order valence-electron chi connectivity index (χ4n) is 1.44. The molecule has 0 aromatic carbocycles. The van der Waals surface area contributed by atoms with Gasteiger partial charge in [0.2, 0.25) is 0 Å². The zero-order valence-electron chi connectivity index (χ0n) is 11.4. The van der Waals surface area contributed by atoms with E-state index in [4.69, 9.17) is 4.74 Å². The van der Waals surface area contributed by atoms with Crippen molar-refractivity contribution in [2.24, 2.45) is 0 Å². The molecule has 0 aliphatic heterocycles. The number of aromatic nitrogens is 1. The van der Waals surface area contributed by atoms with Gasteiger partial charge >= 0.3 is 6.09 Å². The van der Waals surface area contributed by atoms with Gasteiger partial charge in [-0.1, -0.05) is 19.4 Å². The Morgan fingerprint density at radius 2 is 2.21 bits per heavy atom. The largest absolute Gasteiger partial charge is 0.450 e. The van der Waals surface area contributed by atoms with Gasteiger partial charge in [-0.15, -0.1) is 0 Å². The fraction of sp³-hybridized carbons (Fsp3) is 0.500. The Morgan fingerprint density at radius 3 is 2.84 bits per heavy atom. The Labute approximate surface area is 113 Å². The van der Waals surface area contributed by atoms with Crippen LogP contribution in [0.1, 0.15) is 32.4 Å². The van der Waals surface area contributed by atoms with Crippen molar-refractivity contribution >= 4 is 11.9 Å². The third-order valence-electron chi connectivity index (χ3n) is 2.63. The molecule has 1 aromatic heterocycles. The Balaban J connectivity index is 2.34. The third-order valence-corrected chi connectivity index (χ3v) is 2.63. The van der Waals surface area contributed by atoms with Crippen LogP contribution in [0.2, 0.25) is 0 Å². The zero-order chi connectivity index (χ0) is 14.1. The van der Waals surface area contributed by atoms with Crippen LogP contribution >= 0.6 is 0 Å². The summed E-state index contributed by atoms with van der Waals surface area (Å²) in [6.45, 7) is 4.04. The van der Waals surface area contributed by atoms with Gasteiger partial charge in [0.15, 0.2) is 5.78 Å². The number of unbranched alkanes of at least 4 members (excludes halogenated alkanes) is 1. The maximum Gasteiger partial charge on any atom is 0.407 e. The van der Waals surface area contributed by atoms with Crippen LogP contribution in [0, 0.1) is 0 Å². The minimum Gasteiger partial charge on any atom is -0.450 e. The van der Waals surface area contributed by atoms with Crippen LogP contribution in [0.3, 0.4) is 0 Å². The van der Waals surface area contributed by atoms with E-state index >= 15 is 0 Å². The molecule has 19 heavy (non-hydrogen) atoms. The summed E-state index contributed by atoms with van der Waals surface area (Å²) in [5.41, 5.74) is 0.695. The number of carbonyl (C=O) groups excluding carboxylic acids is 2. The summed E-state index contributed by atoms with van der Waals surface area (Å²) in [5.74, 6) is -0.0915. The number of ether oxygens (including phenoxy) is 1. The molecule has 1 aromatic rings. The van der Waals surface area contributed by atoms with E-state index in [0.29, 0.717) is 12.3 Å². The topological polar surface area (TPSA) is 68.3 Å². The summed E-state index contributed by atoms with van der Waals surface area (Å²) in [6.07, 6.45) is 3.08. The molecule has 0 spiro atoms. The summed E-state index contributed by atoms with van der Waals surface area (Å²) in [5, 5.41) is 2.52. The molecule has 1 N–H and O–H groups in total. The van der Waals surface area contributed by atoms with Crippen molar-refractivity contribution < 1.29 is 14.3 Å². The molecule has 1 rings (SSSR count). The second-order valence-electron chi connectivity index (χ2n) is 4.32. The first-order valence-corrected chi connectivity index (χ1v) is 6.49. The number of nitrogens with one attached hydrogen (secondary N) is 1. The molecule has 1 amide bonds. The highest BCUT2D eigenvalue weighted by Crippen LogP contribution is 1.99. The first-order valence-electron chi connectivity index (χ1n) is 6.49. The average molecular weight is 264 g/mol. The van der Waals surface area contributed by atoms with Gasteiger partial charge in [0, 0.05) is 11.9 Å². The number of rotatable bonds is 7. The van der Waals surface area contributed by atoms with Crippen molar-refractivity contribution in [1.82, 2.24) is 10.3 Å². The van der Waals surface area contributed by atoms with Gasteiger partial charge in [0.1, 0.15) is 0 Å². The monoisotopic (exact) mass is 264 g/mol. The Morgan fingerprint density at radius 1 is 1.42 bits per heavy atom. The Hall–Kier alpha value is -1.91. The Bertz CT molecular complexity index is 406. The van der Waals surface area contributed by atoms with Crippen LogP contribution in [-0.2, 0) is 16.0 Å². The lowest BCUT2D eigenvalue weighted by atomic mass is 10.1. The number of alkyl carbamates (subject to hydrolysis) is 1. The number of hydrogen-bond acceptors (Lipinski definition) is 4. The number of ketones is 1. The van der Waals surface area contributed by atoms with Gasteiger partial charge in [-0.2, -0.15) is 0 Å². The zero-order valence-corrected chi connectivity index (χ0v) is 11.4. The maximum atomic E-state index is 11.9. The molecule has 0 fully saturated rings. The molecule has 5 heteroatoms. The summed E-state index contributed by atoms with van der Waals surface area (Å²) < 4.78 is 4.94. The van der Waals surface area contributed by atoms with E-state index in [2.05, 4.69) is 10.3 Å². The second-order valence-corrected chi connectivity index (χ2v) is 4.32. The molecular weight excluding hydrogens is 244 g/mol. The molecule has 0 aliphatic rings. The average Bonchev–Trinajstić information content (AvgIpc) is 2.40. The highest BCUT2D eigenvalue weighted by Gasteiger charge is 2.16. The quantitative estimate of drug-likeness (QED) is 0.766. The van der Waals surface area contributed by atoms with Crippen molar-refractivity contribution in [2.75, 3.05) is 6.61 Å². The molecule has 0 aliphatic carbocycles. The molecular formula is C14H20N2O3. The number of Topliss-reactive ketones (excluding diaryl/α,β-unsaturated/α-hetero) is 1. The maximum absolute atomic E-state index is 11.9. The normalized spacial score (nSPS) is 11.7. The van der Waals surface area contributed by atoms with Crippen LogP contribution < -0.4 is 5.32 Å². The summed E-state index contributed by atoms with van der Waals surface area (Å²) in [6, 6.07) is 4.83. The molecule has 0 saturated carbocycles. The van der Waals surface area contributed by atoms with Gasteiger partial charge in [0.05, 0.1) is 19.1 Å². The number of pyridine rings is 1. The molecule has 5 nitrogen and oxygen atoms in total. The number of hydrogen-bond donors (Lipinski definition) is 1. The third kappa shape index (κ3) is 5.99. The van der Waals surface area contributed by atoms with Gasteiger partial charge in [-0.05, 0) is 25.5 Å². The van der Waals surface area contributed by atoms with Gasteiger partial charge in [-0.25, -0.2) is 4.79 Å². The van der Waals surface area contributed by atoms with Crippen molar-refractivity contribution in [3.63, 3.8) is 0 Å². The molecule has 0 bridgehead atoms. The highest BCUT2D eigenvalue weighted by atomic mass is 16.5. The van der Waals surface area contributed by atoms with Gasteiger partial charge in [-0.3, -0.25) is 9.78 Å². The van der Waals surface area contributed by atoms with E-state index in [9.17, 15) is 9.59 Å². The fourth-order valence-corrected chi connectivity index (χ4v) is 1.44. The molecule has 1 unspecified atom stereocenters. The van der Waals surface area contributed by atoms with Gasteiger partial charge in [0.25, 0.3) is 0 Å². The second kappa shape index (κ2) is 8.24. The molecule has 0 radical (unpaired) electrons. The molecule has 104 valence electrons. The first kappa shape index (κ1) is 15.1. The van der Waals surface area contributed by atoms with Crippen LogP contribution in [0.5, 0.6) is 0 Å². The SMILES string of the molecule is CCCCOC(=O)NC(C)C(=O)Cc1ccccn1. The summed E-state index contributed by atoms with van der Waals surface area (Å²) >= 11 is 0. The van der Waals surface area contributed by atoms with Crippen LogP contribution in [0.25, 0.3) is 0 Å². The predicted octanol–water partition coefficient (Wildman–Crippen LogP) is 2.11. The van der Waals surface area contributed by atoms with E-state index < -0.39 is 12.1 Å². The van der Waals surface area contributed by atoms with E-state index in [0.717, 1.165) is 12.8 Å². The Kier molecular flexibility index (Phi) is 6.57. The number of carbonyl (C=O) groups is 2. The van der Waals surface area contributed by atoms with Crippen molar-refractivity contribution in [2.45, 2.75) is 39.2 Å². The standard InChI is InChI=1S/C14H20N2O3/c1-3-4-9-19-14(18)16-11(2)13(17)10-12-7-5-6-8-15-12/h5-8,11H,3-4,9-10H2,1-2H3,(H,16,18). The number of amides is 1. The minimum atomic E-state index is -0.573. The molecule has 1 atom stereocenters. The van der Waals surface area contributed by atoms with E-state index in [1.165, 1.54) is 0 Å². The lowest BCUT2D eigenvalue weighted by Crippen LogP contribution is -2.39. The van der Waals surface area contributed by atoms with Crippen LogP contribution in [0.15, 0.2) is 24.4 Å². The highest BCUT2D eigenvalue weighted by molar-refractivity contribution is 5.88. The first-order chi connectivity index (χ1) is 9.13. The van der Waals surface area contributed by atoms with Crippen molar-refractivity contribution in [3.05, 3.63) is 30.1 Å². The van der Waals surface area contributed by atoms with Crippen molar-refractivity contribution in [3.8, 4) is 0 Å². The summed E-state index contributed by atoms with van der Waals surface area (Å²) in [4.78, 5) is 27.3. The summed E-state index contributed by atoms with van der Waals surface area (Å²) in [7, 11) is 0. The minimum absolute atomic E-state index is 0.0915. The molecule has 0 saturated heterocycles. The van der Waals surface area contributed by atoms with Crippen LogP contribution in [0.4, 0.5) is 4.79 Å². The lowest BCUT2D eigenvalue weighted by Gasteiger charge is -2.12. The van der Waals surface area contributed by atoms with Crippen molar-refractivity contribution in [1.29, 1.82) is 0 Å². The lowest BCUT2D eigenvalue weighted by molar-refractivity contribution is -0.120. The predicted molar refractivity (Wildman–Crippen MR) is 71.8 cm³/mol.